The molecule has 0 saturated carbocycles. The van der Waals surface area contributed by atoms with Gasteiger partial charge in [0.15, 0.2) is 0 Å². The molecule has 29 heavy (non-hydrogen) atoms. The van der Waals surface area contributed by atoms with E-state index in [0.717, 1.165) is 12.8 Å². The van der Waals surface area contributed by atoms with E-state index in [9.17, 15) is 9.59 Å². The van der Waals surface area contributed by atoms with E-state index < -0.39 is 0 Å². The van der Waals surface area contributed by atoms with E-state index in [-0.39, 0.29) is 17.9 Å². The molecule has 1 rings (SSSR count). The maximum Gasteiger partial charge on any atom is 0.317 e. The molecule has 0 bridgehead atoms. The van der Waals surface area contributed by atoms with Crippen molar-refractivity contribution in [3.05, 3.63) is 12.2 Å². The molecule has 0 N–H and O–H groups in total. The van der Waals surface area contributed by atoms with Gasteiger partial charge >= 0.3 is 11.9 Å². The topological polar surface area (TPSA) is 43.4 Å². The third-order valence-corrected chi connectivity index (χ3v) is 6.04. The smallest absolute Gasteiger partial charge is 0.317 e. The Labute approximate surface area is 180 Å². The lowest BCUT2D eigenvalue weighted by molar-refractivity contribution is -0.153. The molecule has 0 amide bonds. The molecule has 0 spiro atoms. The van der Waals surface area contributed by atoms with Crippen LogP contribution in [0.2, 0.25) is 0 Å². The van der Waals surface area contributed by atoms with Crippen molar-refractivity contribution < 1.29 is 14.3 Å². The molecule has 0 aromatic rings. The summed E-state index contributed by atoms with van der Waals surface area (Å²) in [5.74, 6) is -0.799. The molecule has 1 saturated heterocycles. The SMILES string of the molecule is CC/C=C/CCCCCCCCCCCCCCCCCCC1CC(=O)OC1=O. The van der Waals surface area contributed by atoms with Crippen LogP contribution in [0.1, 0.15) is 135 Å². The molecule has 168 valence electrons. The molecule has 1 fully saturated rings. The van der Waals surface area contributed by atoms with Crippen molar-refractivity contribution in [1.82, 2.24) is 0 Å². The first-order valence-electron chi connectivity index (χ1n) is 12.6. The zero-order valence-corrected chi connectivity index (χ0v) is 19.1. The van der Waals surface area contributed by atoms with Crippen molar-refractivity contribution in [2.24, 2.45) is 5.92 Å². The molecule has 0 aliphatic carbocycles. The molecule has 1 aliphatic rings. The van der Waals surface area contributed by atoms with Gasteiger partial charge < -0.3 is 4.74 Å². The van der Waals surface area contributed by atoms with Gasteiger partial charge in [-0.25, -0.2) is 0 Å². The highest BCUT2D eigenvalue weighted by molar-refractivity contribution is 5.94. The van der Waals surface area contributed by atoms with Crippen molar-refractivity contribution in [3.63, 3.8) is 0 Å². The maximum absolute atomic E-state index is 11.4. The molecule has 1 unspecified atom stereocenters. The molecule has 1 atom stereocenters. The Morgan fingerprint density at radius 2 is 1.14 bits per heavy atom. The number of esters is 2. The zero-order valence-electron chi connectivity index (χ0n) is 19.1. The van der Waals surface area contributed by atoms with E-state index in [1.54, 1.807) is 0 Å². The van der Waals surface area contributed by atoms with Gasteiger partial charge in [0.1, 0.15) is 0 Å². The van der Waals surface area contributed by atoms with Crippen LogP contribution in [-0.4, -0.2) is 11.9 Å². The first kappa shape index (κ1) is 25.9. The van der Waals surface area contributed by atoms with Crippen LogP contribution < -0.4 is 0 Å². The van der Waals surface area contributed by atoms with Crippen molar-refractivity contribution in [2.75, 3.05) is 0 Å². The fourth-order valence-electron chi connectivity index (χ4n) is 4.15. The van der Waals surface area contributed by atoms with E-state index in [1.165, 1.54) is 109 Å². The molecule has 3 nitrogen and oxygen atoms in total. The first-order valence-corrected chi connectivity index (χ1v) is 12.6. The third kappa shape index (κ3) is 15.4. The largest absolute Gasteiger partial charge is 0.393 e. The summed E-state index contributed by atoms with van der Waals surface area (Å²) in [5, 5.41) is 0. The summed E-state index contributed by atoms with van der Waals surface area (Å²) in [6.07, 6.45) is 29.8. The van der Waals surface area contributed by atoms with Gasteiger partial charge in [0, 0.05) is 0 Å². The summed E-state index contributed by atoms with van der Waals surface area (Å²) in [6.45, 7) is 2.20. The average Bonchev–Trinajstić information content (AvgIpc) is 3.03. The highest BCUT2D eigenvalue weighted by atomic mass is 16.6. The molecule has 0 aromatic carbocycles. The number of unbranched alkanes of at least 4 members (excludes halogenated alkanes) is 16. The monoisotopic (exact) mass is 406 g/mol. The minimum Gasteiger partial charge on any atom is -0.393 e. The van der Waals surface area contributed by atoms with Crippen LogP contribution in [0.4, 0.5) is 0 Å². The van der Waals surface area contributed by atoms with Gasteiger partial charge in [-0.1, -0.05) is 115 Å². The highest BCUT2D eigenvalue weighted by Crippen LogP contribution is 2.22. The van der Waals surface area contributed by atoms with Gasteiger partial charge in [0.2, 0.25) is 0 Å². The van der Waals surface area contributed by atoms with Crippen LogP contribution in [0.25, 0.3) is 0 Å². The van der Waals surface area contributed by atoms with E-state index in [4.69, 9.17) is 0 Å². The second-order valence-electron chi connectivity index (χ2n) is 8.81. The lowest BCUT2D eigenvalue weighted by atomic mass is 9.98. The number of carbonyl (C=O) groups is 2. The average molecular weight is 407 g/mol. The van der Waals surface area contributed by atoms with Crippen LogP contribution in [-0.2, 0) is 14.3 Å². The molecular weight excluding hydrogens is 360 g/mol. The van der Waals surface area contributed by atoms with E-state index in [0.29, 0.717) is 6.42 Å². The lowest BCUT2D eigenvalue weighted by Crippen LogP contribution is -2.06. The first-order chi connectivity index (χ1) is 14.2. The van der Waals surface area contributed by atoms with E-state index in [1.807, 2.05) is 0 Å². The van der Waals surface area contributed by atoms with Gasteiger partial charge in [0.05, 0.1) is 12.3 Å². The maximum atomic E-state index is 11.4. The van der Waals surface area contributed by atoms with Crippen molar-refractivity contribution in [3.8, 4) is 0 Å². The van der Waals surface area contributed by atoms with Gasteiger partial charge in [0.25, 0.3) is 0 Å². The second-order valence-corrected chi connectivity index (χ2v) is 8.81. The van der Waals surface area contributed by atoms with Crippen LogP contribution >= 0.6 is 0 Å². The normalized spacial score (nSPS) is 16.8. The van der Waals surface area contributed by atoms with Gasteiger partial charge in [-0.05, 0) is 25.7 Å². The predicted molar refractivity (Wildman–Crippen MR) is 122 cm³/mol. The summed E-state index contributed by atoms with van der Waals surface area (Å²) in [5.41, 5.74) is 0. The third-order valence-electron chi connectivity index (χ3n) is 6.04. The predicted octanol–water partition coefficient (Wildman–Crippen LogP) is 8.06. The van der Waals surface area contributed by atoms with Gasteiger partial charge in [-0.2, -0.15) is 0 Å². The van der Waals surface area contributed by atoms with Gasteiger partial charge in [-0.3, -0.25) is 9.59 Å². The van der Waals surface area contributed by atoms with Crippen LogP contribution in [0.15, 0.2) is 12.2 Å². The molecule has 0 aromatic heterocycles. The minimum atomic E-state index is -0.342. The number of hydrogen-bond donors (Lipinski definition) is 0. The number of allylic oxidation sites excluding steroid dienone is 2. The van der Waals surface area contributed by atoms with Crippen molar-refractivity contribution in [2.45, 2.75) is 135 Å². The van der Waals surface area contributed by atoms with Crippen molar-refractivity contribution >= 4 is 11.9 Å². The number of cyclic esters (lactones) is 2. The zero-order chi connectivity index (χ0) is 21.0. The fourth-order valence-corrected chi connectivity index (χ4v) is 4.15. The Hall–Kier alpha value is -1.12. The number of rotatable bonds is 20. The van der Waals surface area contributed by atoms with Crippen LogP contribution in [0.5, 0.6) is 0 Å². The Morgan fingerprint density at radius 3 is 1.55 bits per heavy atom. The van der Waals surface area contributed by atoms with Gasteiger partial charge in [-0.15, -0.1) is 0 Å². The number of hydrogen-bond acceptors (Lipinski definition) is 3. The number of carbonyl (C=O) groups excluding carboxylic acids is 2. The highest BCUT2D eigenvalue weighted by Gasteiger charge is 2.32. The summed E-state index contributed by atoms with van der Waals surface area (Å²) >= 11 is 0. The molecule has 3 heteroatoms. The summed E-state index contributed by atoms with van der Waals surface area (Å²) < 4.78 is 4.59. The Kier molecular flexibility index (Phi) is 16.9. The van der Waals surface area contributed by atoms with Crippen LogP contribution in [0, 0.1) is 5.92 Å². The summed E-state index contributed by atoms with van der Waals surface area (Å²) in [6, 6.07) is 0. The molecule has 1 heterocycles. The summed E-state index contributed by atoms with van der Waals surface area (Å²) in [7, 11) is 0. The Balaban J connectivity index is 1.69. The van der Waals surface area contributed by atoms with E-state index >= 15 is 0 Å². The summed E-state index contributed by atoms with van der Waals surface area (Å²) in [4.78, 5) is 22.4. The van der Waals surface area contributed by atoms with Crippen molar-refractivity contribution in [1.29, 1.82) is 0 Å². The lowest BCUT2D eigenvalue weighted by Gasteiger charge is -2.05. The quantitative estimate of drug-likeness (QED) is 0.0888. The molecule has 0 radical (unpaired) electrons. The number of ether oxygens (including phenoxy) is 1. The van der Waals surface area contributed by atoms with E-state index in [2.05, 4.69) is 23.8 Å². The molecule has 1 aliphatic heterocycles. The second kappa shape index (κ2) is 18.9. The van der Waals surface area contributed by atoms with Crippen LogP contribution in [0.3, 0.4) is 0 Å². The fraction of sp³-hybridized carbons (Fsp3) is 0.846. The minimum absolute atomic E-state index is 0.157. The molecular formula is C26H46O3. The Morgan fingerprint density at radius 1 is 0.690 bits per heavy atom. The standard InChI is InChI=1S/C26H46O3/c1-2-3-4-5-6-7-8-9-10-11-12-13-14-15-16-17-18-19-20-21-22-24-23-25(27)29-26(24)28/h3-4,24H,2,5-23H2,1H3/b4-3+. The Bertz CT molecular complexity index is 441.